The van der Waals surface area contributed by atoms with Gasteiger partial charge in [-0.05, 0) is 12.1 Å². The van der Waals surface area contributed by atoms with Crippen molar-refractivity contribution < 1.29 is 0 Å². The Kier molecular flexibility index (Phi) is 2.71. The van der Waals surface area contributed by atoms with Crippen molar-refractivity contribution in [1.82, 2.24) is 20.2 Å². The summed E-state index contributed by atoms with van der Waals surface area (Å²) in [7, 11) is 0. The van der Waals surface area contributed by atoms with Gasteiger partial charge in [0.25, 0.3) is 0 Å². The Morgan fingerprint density at radius 3 is 2.52 bits per heavy atom. The Balaban J connectivity index is 1.85. The van der Waals surface area contributed by atoms with E-state index in [1.807, 2.05) is 60.7 Å². The van der Waals surface area contributed by atoms with Gasteiger partial charge < -0.3 is 0 Å². The molecule has 21 heavy (non-hydrogen) atoms. The maximum atomic E-state index is 4.61. The number of hydrogen-bond acceptors (Lipinski definition) is 3. The van der Waals surface area contributed by atoms with E-state index in [-0.39, 0.29) is 0 Å². The van der Waals surface area contributed by atoms with E-state index in [0.717, 1.165) is 27.9 Å². The maximum absolute atomic E-state index is 4.61. The minimum Gasteiger partial charge on any atom is -0.259 e. The quantitative estimate of drug-likeness (QED) is 0.605. The van der Waals surface area contributed by atoms with Crippen LogP contribution in [0.5, 0.6) is 0 Å². The molecule has 4 aromatic rings. The zero-order valence-electron chi connectivity index (χ0n) is 11.2. The minimum atomic E-state index is 0.700. The summed E-state index contributed by atoms with van der Waals surface area (Å²) in [6.45, 7) is 0. The Morgan fingerprint density at radius 1 is 0.810 bits per heavy atom. The first-order chi connectivity index (χ1) is 10.4. The van der Waals surface area contributed by atoms with E-state index in [4.69, 9.17) is 0 Å². The lowest BCUT2D eigenvalue weighted by atomic mass is 10.1. The SMILES string of the molecule is c1ccc(-c2n[nH]c(-c3ccnc4ccccc34)n2)cc1. The second-order valence-corrected chi connectivity index (χ2v) is 4.75. The third-order valence-electron chi connectivity index (χ3n) is 3.42. The molecular formula is C17H12N4. The average molecular weight is 272 g/mol. The fourth-order valence-corrected chi connectivity index (χ4v) is 2.40. The van der Waals surface area contributed by atoms with Crippen LogP contribution in [0.3, 0.4) is 0 Å². The molecule has 0 atom stereocenters. The molecule has 0 saturated carbocycles. The normalized spacial score (nSPS) is 10.9. The van der Waals surface area contributed by atoms with Crippen LogP contribution in [0.15, 0.2) is 66.9 Å². The van der Waals surface area contributed by atoms with Crippen molar-refractivity contribution in [3.63, 3.8) is 0 Å². The highest BCUT2D eigenvalue weighted by Gasteiger charge is 2.10. The topological polar surface area (TPSA) is 54.5 Å². The van der Waals surface area contributed by atoms with Crippen LogP contribution in [-0.4, -0.2) is 20.2 Å². The summed E-state index contributed by atoms with van der Waals surface area (Å²) in [4.78, 5) is 8.98. The van der Waals surface area contributed by atoms with E-state index >= 15 is 0 Å². The van der Waals surface area contributed by atoms with Crippen molar-refractivity contribution >= 4 is 10.9 Å². The third-order valence-corrected chi connectivity index (χ3v) is 3.42. The van der Waals surface area contributed by atoms with Crippen LogP contribution in [0, 0.1) is 0 Å². The molecule has 4 heteroatoms. The summed E-state index contributed by atoms with van der Waals surface area (Å²) in [5.74, 6) is 1.46. The lowest BCUT2D eigenvalue weighted by Gasteiger charge is -2.01. The van der Waals surface area contributed by atoms with Crippen LogP contribution < -0.4 is 0 Å². The van der Waals surface area contributed by atoms with Gasteiger partial charge in [0, 0.05) is 22.7 Å². The van der Waals surface area contributed by atoms with Gasteiger partial charge >= 0.3 is 0 Å². The Hall–Kier alpha value is -3.01. The van der Waals surface area contributed by atoms with Gasteiger partial charge in [0.05, 0.1) is 5.52 Å². The van der Waals surface area contributed by atoms with Crippen molar-refractivity contribution in [2.75, 3.05) is 0 Å². The van der Waals surface area contributed by atoms with E-state index in [0.29, 0.717) is 5.82 Å². The summed E-state index contributed by atoms with van der Waals surface area (Å²) >= 11 is 0. The van der Waals surface area contributed by atoms with Crippen molar-refractivity contribution in [3.8, 4) is 22.8 Å². The molecule has 0 aliphatic heterocycles. The van der Waals surface area contributed by atoms with Gasteiger partial charge in [0.1, 0.15) is 0 Å². The molecule has 2 aromatic carbocycles. The molecule has 0 fully saturated rings. The highest BCUT2D eigenvalue weighted by Crippen LogP contribution is 2.26. The molecule has 0 bridgehead atoms. The van der Waals surface area contributed by atoms with Gasteiger partial charge in [-0.1, -0.05) is 48.5 Å². The fraction of sp³-hybridized carbons (Fsp3) is 0. The molecule has 0 amide bonds. The van der Waals surface area contributed by atoms with E-state index in [9.17, 15) is 0 Å². The monoisotopic (exact) mass is 272 g/mol. The molecule has 1 N–H and O–H groups in total. The largest absolute Gasteiger partial charge is 0.259 e. The highest BCUT2D eigenvalue weighted by atomic mass is 15.2. The van der Waals surface area contributed by atoms with Gasteiger partial charge in [0.2, 0.25) is 0 Å². The molecular weight excluding hydrogens is 260 g/mol. The number of nitrogens with one attached hydrogen (secondary N) is 1. The van der Waals surface area contributed by atoms with E-state index < -0.39 is 0 Å². The van der Waals surface area contributed by atoms with Crippen LogP contribution in [0.4, 0.5) is 0 Å². The number of H-pyrrole nitrogens is 1. The third kappa shape index (κ3) is 2.07. The number of rotatable bonds is 2. The number of para-hydroxylation sites is 1. The van der Waals surface area contributed by atoms with E-state index in [1.165, 1.54) is 0 Å². The number of pyridine rings is 1. The van der Waals surface area contributed by atoms with Crippen molar-refractivity contribution in [2.24, 2.45) is 0 Å². The summed E-state index contributed by atoms with van der Waals surface area (Å²) in [6.07, 6.45) is 1.79. The summed E-state index contributed by atoms with van der Waals surface area (Å²) < 4.78 is 0. The molecule has 100 valence electrons. The predicted molar refractivity (Wildman–Crippen MR) is 82.6 cm³/mol. The van der Waals surface area contributed by atoms with Crippen LogP contribution >= 0.6 is 0 Å². The zero-order valence-corrected chi connectivity index (χ0v) is 11.2. The second kappa shape index (κ2) is 4.83. The molecule has 0 radical (unpaired) electrons. The summed E-state index contributed by atoms with van der Waals surface area (Å²) in [5, 5.41) is 8.40. The smallest absolute Gasteiger partial charge is 0.181 e. The van der Waals surface area contributed by atoms with Crippen molar-refractivity contribution in [2.45, 2.75) is 0 Å². The van der Waals surface area contributed by atoms with Crippen LogP contribution in [0.1, 0.15) is 0 Å². The van der Waals surface area contributed by atoms with Crippen LogP contribution in [0.25, 0.3) is 33.7 Å². The number of benzene rings is 2. The van der Waals surface area contributed by atoms with Gasteiger partial charge in [-0.2, -0.15) is 5.10 Å². The lowest BCUT2D eigenvalue weighted by molar-refractivity contribution is 1.10. The van der Waals surface area contributed by atoms with Gasteiger partial charge in [-0.15, -0.1) is 0 Å². The molecule has 2 heterocycles. The van der Waals surface area contributed by atoms with Gasteiger partial charge in [-0.3, -0.25) is 10.1 Å². The Labute approximate surface area is 121 Å². The molecule has 0 saturated heterocycles. The molecule has 0 aliphatic carbocycles. The number of fused-ring (bicyclic) bond motifs is 1. The molecule has 4 rings (SSSR count). The Morgan fingerprint density at radius 2 is 1.62 bits per heavy atom. The first-order valence-electron chi connectivity index (χ1n) is 6.74. The zero-order chi connectivity index (χ0) is 14.1. The van der Waals surface area contributed by atoms with Gasteiger partial charge in [0.15, 0.2) is 11.6 Å². The van der Waals surface area contributed by atoms with Crippen molar-refractivity contribution in [3.05, 3.63) is 66.9 Å². The molecule has 0 spiro atoms. The summed E-state index contributed by atoms with van der Waals surface area (Å²) in [6, 6.07) is 19.9. The molecule has 0 unspecified atom stereocenters. The number of aromatic nitrogens is 4. The first kappa shape index (κ1) is 11.8. The summed E-state index contributed by atoms with van der Waals surface area (Å²) in [5.41, 5.74) is 2.96. The highest BCUT2D eigenvalue weighted by molar-refractivity contribution is 5.92. The van der Waals surface area contributed by atoms with Crippen LogP contribution in [0.2, 0.25) is 0 Å². The molecule has 0 aliphatic rings. The molecule has 4 nitrogen and oxygen atoms in total. The minimum absolute atomic E-state index is 0.700. The second-order valence-electron chi connectivity index (χ2n) is 4.75. The first-order valence-corrected chi connectivity index (χ1v) is 6.74. The standard InChI is InChI=1S/C17H12N4/c1-2-6-12(7-3-1)16-19-17(21-20-16)14-10-11-18-15-9-5-4-8-13(14)15/h1-11H,(H,19,20,21). The lowest BCUT2D eigenvalue weighted by Crippen LogP contribution is -1.86. The Bertz CT molecular complexity index is 891. The van der Waals surface area contributed by atoms with E-state index in [1.54, 1.807) is 6.20 Å². The fourth-order valence-electron chi connectivity index (χ4n) is 2.40. The van der Waals surface area contributed by atoms with Crippen molar-refractivity contribution in [1.29, 1.82) is 0 Å². The van der Waals surface area contributed by atoms with Crippen LogP contribution in [-0.2, 0) is 0 Å². The number of nitrogens with zero attached hydrogens (tertiary/aromatic N) is 3. The number of hydrogen-bond donors (Lipinski definition) is 1. The average Bonchev–Trinajstić information content (AvgIpc) is 3.05. The van der Waals surface area contributed by atoms with E-state index in [2.05, 4.69) is 20.2 Å². The predicted octanol–water partition coefficient (Wildman–Crippen LogP) is 3.69. The maximum Gasteiger partial charge on any atom is 0.181 e. The number of aromatic amines is 1. The molecule has 2 aromatic heterocycles. The van der Waals surface area contributed by atoms with Gasteiger partial charge in [-0.25, -0.2) is 4.98 Å².